The third-order valence-corrected chi connectivity index (χ3v) is 8.65. The molecule has 7 nitrogen and oxygen atoms in total. The summed E-state index contributed by atoms with van der Waals surface area (Å²) < 4.78 is 26.9. The number of aryl methyl sites for hydroxylation is 1. The van der Waals surface area contributed by atoms with E-state index in [2.05, 4.69) is 12.2 Å². The number of benzene rings is 1. The Labute approximate surface area is 192 Å². The zero-order chi connectivity index (χ0) is 23.4. The highest BCUT2D eigenvalue weighted by molar-refractivity contribution is 7.89. The Morgan fingerprint density at radius 1 is 1.09 bits per heavy atom. The number of hydrogen-bond acceptors (Lipinski definition) is 4. The summed E-state index contributed by atoms with van der Waals surface area (Å²) in [7, 11) is -3.62. The first-order valence-electron chi connectivity index (χ1n) is 11.9. The van der Waals surface area contributed by atoms with E-state index >= 15 is 0 Å². The third kappa shape index (κ3) is 5.34. The van der Waals surface area contributed by atoms with E-state index in [9.17, 15) is 18.0 Å². The molecule has 1 saturated heterocycles. The molecule has 178 valence electrons. The van der Waals surface area contributed by atoms with Crippen molar-refractivity contribution in [2.75, 3.05) is 23.7 Å². The third-order valence-electron chi connectivity index (χ3n) is 6.68. The molecule has 1 aliphatic carbocycles. The molecular formula is C24H37N3O4S. The van der Waals surface area contributed by atoms with E-state index in [4.69, 9.17) is 0 Å². The van der Waals surface area contributed by atoms with E-state index in [-0.39, 0.29) is 36.7 Å². The molecule has 1 heterocycles. The highest BCUT2D eigenvalue weighted by Gasteiger charge is 2.51. The van der Waals surface area contributed by atoms with Crippen LogP contribution in [0.1, 0.15) is 71.3 Å². The number of carbonyl (C=O) groups excluding carboxylic acids is 2. The zero-order valence-corrected chi connectivity index (χ0v) is 20.4. The Bertz CT molecular complexity index is 908. The fourth-order valence-electron chi connectivity index (χ4n) is 4.80. The highest BCUT2D eigenvalue weighted by atomic mass is 32.2. The topological polar surface area (TPSA) is 86.8 Å². The molecule has 1 aromatic carbocycles. The Morgan fingerprint density at radius 2 is 1.72 bits per heavy atom. The van der Waals surface area contributed by atoms with Gasteiger partial charge in [0.25, 0.3) is 0 Å². The standard InChI is InChI=1S/C24H37N3O4S/c1-4-16-32(30,31)26-17-22(28)27(21-14-12-19(5-2)13-15-21)24(3,18-26)23(29)25-20-10-8-6-7-9-11-20/h12-15,20H,4-11,16-18H2,1-3H3,(H,25,29). The van der Waals surface area contributed by atoms with Crippen LogP contribution in [-0.4, -0.2) is 55.0 Å². The summed E-state index contributed by atoms with van der Waals surface area (Å²) >= 11 is 0. The Morgan fingerprint density at radius 3 is 2.28 bits per heavy atom. The summed E-state index contributed by atoms with van der Waals surface area (Å²) in [6.07, 6.45) is 7.64. The van der Waals surface area contributed by atoms with Crippen LogP contribution >= 0.6 is 0 Å². The van der Waals surface area contributed by atoms with Gasteiger partial charge in [0.15, 0.2) is 0 Å². The van der Waals surface area contributed by atoms with Crippen molar-refractivity contribution in [1.29, 1.82) is 0 Å². The number of rotatable bonds is 7. The zero-order valence-electron chi connectivity index (χ0n) is 19.6. The SMILES string of the molecule is CCCS(=O)(=O)N1CC(=O)N(c2ccc(CC)cc2)C(C)(C(=O)NC2CCCCCC2)C1. The minimum absolute atomic E-state index is 0.0359. The van der Waals surface area contributed by atoms with Crippen molar-refractivity contribution in [2.24, 2.45) is 0 Å². The molecule has 0 bridgehead atoms. The van der Waals surface area contributed by atoms with Gasteiger partial charge in [-0.2, -0.15) is 4.31 Å². The lowest BCUT2D eigenvalue weighted by molar-refractivity contribution is -0.133. The average Bonchev–Trinajstić information content (AvgIpc) is 3.02. The second kappa shape index (κ2) is 10.3. The van der Waals surface area contributed by atoms with Gasteiger partial charge in [-0.05, 0) is 50.3 Å². The number of hydrogen-bond donors (Lipinski definition) is 1. The summed E-state index contributed by atoms with van der Waals surface area (Å²) in [5.74, 6) is -0.696. The fraction of sp³-hybridized carbons (Fsp3) is 0.667. The molecule has 2 fully saturated rings. The number of piperazine rings is 1. The fourth-order valence-corrected chi connectivity index (χ4v) is 6.33. The van der Waals surface area contributed by atoms with E-state index in [1.165, 1.54) is 22.0 Å². The van der Waals surface area contributed by atoms with Crippen molar-refractivity contribution >= 4 is 27.5 Å². The molecule has 1 N–H and O–H groups in total. The van der Waals surface area contributed by atoms with E-state index in [0.29, 0.717) is 12.1 Å². The minimum atomic E-state index is -3.62. The summed E-state index contributed by atoms with van der Waals surface area (Å²) in [4.78, 5) is 28.5. The van der Waals surface area contributed by atoms with Gasteiger partial charge in [-0.15, -0.1) is 0 Å². The van der Waals surface area contributed by atoms with Crippen LogP contribution < -0.4 is 10.2 Å². The number of carbonyl (C=O) groups is 2. The van der Waals surface area contributed by atoms with E-state index in [1.54, 1.807) is 13.8 Å². The molecule has 0 radical (unpaired) electrons. The van der Waals surface area contributed by atoms with E-state index < -0.39 is 15.6 Å². The Balaban J connectivity index is 1.95. The lowest BCUT2D eigenvalue weighted by Gasteiger charge is -2.47. The van der Waals surface area contributed by atoms with Crippen LogP contribution in [0.2, 0.25) is 0 Å². The average molecular weight is 464 g/mol. The van der Waals surface area contributed by atoms with Crippen LogP contribution in [0.3, 0.4) is 0 Å². The monoisotopic (exact) mass is 463 g/mol. The largest absolute Gasteiger partial charge is 0.351 e. The first kappa shape index (κ1) is 24.7. The maximum absolute atomic E-state index is 13.7. The van der Waals surface area contributed by atoms with Gasteiger partial charge in [0.1, 0.15) is 5.54 Å². The molecule has 1 aromatic rings. The van der Waals surface area contributed by atoms with Crippen LogP contribution in [0.25, 0.3) is 0 Å². The molecular weight excluding hydrogens is 426 g/mol. The van der Waals surface area contributed by atoms with Gasteiger partial charge >= 0.3 is 0 Å². The summed E-state index contributed by atoms with van der Waals surface area (Å²) in [6, 6.07) is 7.66. The van der Waals surface area contributed by atoms with E-state index in [0.717, 1.165) is 37.7 Å². The molecule has 32 heavy (non-hydrogen) atoms. The number of sulfonamides is 1. The van der Waals surface area contributed by atoms with Crippen LogP contribution in [-0.2, 0) is 26.0 Å². The predicted octanol–water partition coefficient (Wildman–Crippen LogP) is 3.24. The van der Waals surface area contributed by atoms with Crippen molar-refractivity contribution < 1.29 is 18.0 Å². The molecule has 1 atom stereocenters. The Kier molecular flexibility index (Phi) is 7.98. The van der Waals surface area contributed by atoms with Crippen molar-refractivity contribution in [2.45, 2.75) is 83.7 Å². The van der Waals surface area contributed by atoms with Crippen LogP contribution in [0.5, 0.6) is 0 Å². The molecule has 3 rings (SSSR count). The normalized spacial score (nSPS) is 23.7. The lowest BCUT2D eigenvalue weighted by atomic mass is 9.93. The lowest BCUT2D eigenvalue weighted by Crippen LogP contribution is -2.71. The maximum Gasteiger partial charge on any atom is 0.247 e. The smallest absolute Gasteiger partial charge is 0.247 e. The molecule has 2 amide bonds. The van der Waals surface area contributed by atoms with Crippen molar-refractivity contribution in [1.82, 2.24) is 9.62 Å². The van der Waals surface area contributed by atoms with Gasteiger partial charge in [0.05, 0.1) is 12.3 Å². The number of nitrogens with one attached hydrogen (secondary N) is 1. The number of anilines is 1. The maximum atomic E-state index is 13.7. The summed E-state index contributed by atoms with van der Waals surface area (Å²) in [5.41, 5.74) is 0.434. The van der Waals surface area contributed by atoms with Crippen molar-refractivity contribution in [3.8, 4) is 0 Å². The molecule has 0 spiro atoms. The van der Waals surface area contributed by atoms with Gasteiger partial charge in [-0.1, -0.05) is 51.7 Å². The molecule has 1 unspecified atom stereocenters. The highest BCUT2D eigenvalue weighted by Crippen LogP contribution is 2.32. The van der Waals surface area contributed by atoms with Crippen LogP contribution in [0, 0.1) is 0 Å². The first-order chi connectivity index (χ1) is 15.2. The van der Waals surface area contributed by atoms with Gasteiger partial charge in [-0.3, -0.25) is 14.5 Å². The first-order valence-corrected chi connectivity index (χ1v) is 13.5. The van der Waals surface area contributed by atoms with Gasteiger partial charge < -0.3 is 5.32 Å². The van der Waals surface area contributed by atoms with Crippen LogP contribution in [0.15, 0.2) is 24.3 Å². The number of nitrogens with zero attached hydrogens (tertiary/aromatic N) is 2. The van der Waals surface area contributed by atoms with Crippen molar-refractivity contribution in [3.05, 3.63) is 29.8 Å². The van der Waals surface area contributed by atoms with Gasteiger partial charge in [0.2, 0.25) is 21.8 Å². The van der Waals surface area contributed by atoms with Gasteiger partial charge in [-0.25, -0.2) is 8.42 Å². The van der Waals surface area contributed by atoms with Gasteiger partial charge in [0, 0.05) is 18.3 Å². The van der Waals surface area contributed by atoms with E-state index in [1.807, 2.05) is 24.3 Å². The summed E-state index contributed by atoms with van der Waals surface area (Å²) in [5, 5.41) is 3.16. The molecule has 0 aromatic heterocycles. The second-order valence-corrected chi connectivity index (χ2v) is 11.4. The molecule has 1 saturated carbocycles. The van der Waals surface area contributed by atoms with Crippen LogP contribution in [0.4, 0.5) is 5.69 Å². The second-order valence-electron chi connectivity index (χ2n) is 9.27. The van der Waals surface area contributed by atoms with Crippen molar-refractivity contribution in [3.63, 3.8) is 0 Å². The minimum Gasteiger partial charge on any atom is -0.351 e. The molecule has 8 heteroatoms. The molecule has 1 aliphatic heterocycles. The Hall–Kier alpha value is -1.93. The quantitative estimate of drug-likeness (QED) is 0.629. The predicted molar refractivity (Wildman–Crippen MR) is 127 cm³/mol. The number of amides is 2. The molecule has 2 aliphatic rings. The summed E-state index contributed by atoms with van der Waals surface area (Å²) in [6.45, 7) is 5.25.